The molecule has 12 heteroatoms. The summed E-state index contributed by atoms with van der Waals surface area (Å²) in [6.45, 7) is 2.56. The van der Waals surface area contributed by atoms with Crippen LogP contribution in [0.4, 0.5) is 26.3 Å². The Kier molecular flexibility index (Phi) is 5.63. The van der Waals surface area contributed by atoms with Crippen molar-refractivity contribution in [1.82, 2.24) is 19.6 Å². The molecule has 0 aliphatic carbocycles. The zero-order chi connectivity index (χ0) is 19.5. The van der Waals surface area contributed by atoms with Crippen LogP contribution in [0.25, 0.3) is 11.2 Å². The molecule has 6 nitrogen and oxygen atoms in total. The summed E-state index contributed by atoms with van der Waals surface area (Å²) in [6.07, 6.45) is -4.50. The maximum absolute atomic E-state index is 14.0. The average Bonchev–Trinajstić information content (AvgIpc) is 2.97. The predicted octanol–water partition coefficient (Wildman–Crippen LogP) is 3.88. The molecule has 2 rings (SSSR count). The van der Waals surface area contributed by atoms with Crippen LogP contribution in [0, 0.1) is 0 Å². The third kappa shape index (κ3) is 4.58. The first-order valence-electron chi connectivity index (χ1n) is 6.86. The van der Waals surface area contributed by atoms with Crippen molar-refractivity contribution >= 4 is 17.9 Å². The van der Waals surface area contributed by atoms with Crippen molar-refractivity contribution in [1.29, 1.82) is 0 Å². The van der Waals surface area contributed by atoms with Crippen molar-refractivity contribution in [2.75, 3.05) is 6.61 Å². The molecule has 140 valence electrons. The van der Waals surface area contributed by atoms with Gasteiger partial charge in [0.2, 0.25) is 11.7 Å². The van der Waals surface area contributed by atoms with E-state index >= 15 is 0 Å². The molecule has 26 heavy (non-hydrogen) atoms. The number of nitrogens with zero attached hydrogens (tertiary/aromatic N) is 5. The van der Waals surface area contributed by atoms with Gasteiger partial charge in [0.15, 0.2) is 18.1 Å². The summed E-state index contributed by atoms with van der Waals surface area (Å²) in [6, 6.07) is 0. The Balaban J connectivity index is 2.35. The zero-order valence-electron chi connectivity index (χ0n) is 13.1. The first kappa shape index (κ1) is 19.4. The van der Waals surface area contributed by atoms with E-state index in [1.165, 1.54) is 6.92 Å². The van der Waals surface area contributed by atoms with Crippen LogP contribution < -0.4 is 0 Å². The van der Waals surface area contributed by atoms with Gasteiger partial charge in [0, 0.05) is 6.20 Å². The van der Waals surface area contributed by atoms with E-state index in [2.05, 4.69) is 31.6 Å². The second-order valence-electron chi connectivity index (χ2n) is 4.90. The topological polar surface area (TPSA) is 64.7 Å². The lowest BCUT2D eigenvalue weighted by Gasteiger charge is -2.09. The summed E-state index contributed by atoms with van der Waals surface area (Å²) in [4.78, 5) is 6.97. The number of hydrogen-bond donors (Lipinski definition) is 0. The molecule has 2 heterocycles. The number of rotatable bonds is 6. The van der Waals surface area contributed by atoms with E-state index in [1.807, 2.05) is 0 Å². The number of aromatic nitrogens is 4. The summed E-state index contributed by atoms with van der Waals surface area (Å²) >= 11 is 0. The Morgan fingerprint density at radius 3 is 2.65 bits per heavy atom. The van der Waals surface area contributed by atoms with Crippen molar-refractivity contribution in [3.05, 3.63) is 41.7 Å². The van der Waals surface area contributed by atoms with Crippen LogP contribution in [0.2, 0.25) is 0 Å². The van der Waals surface area contributed by atoms with Gasteiger partial charge in [-0.15, -0.1) is 10.2 Å². The van der Waals surface area contributed by atoms with E-state index < -0.39 is 36.7 Å². The fourth-order valence-electron chi connectivity index (χ4n) is 1.84. The highest BCUT2D eigenvalue weighted by molar-refractivity contribution is 5.63. The van der Waals surface area contributed by atoms with E-state index in [1.54, 1.807) is 0 Å². The molecular formula is C14H11F6N5O. The quantitative estimate of drug-likeness (QED) is 0.331. The van der Waals surface area contributed by atoms with Crippen molar-refractivity contribution < 1.29 is 31.1 Å². The van der Waals surface area contributed by atoms with E-state index in [-0.39, 0.29) is 16.9 Å². The molecule has 0 fully saturated rings. The first-order chi connectivity index (χ1) is 12.1. The third-order valence-electron chi connectivity index (χ3n) is 2.98. The molecule has 0 radical (unpaired) electrons. The van der Waals surface area contributed by atoms with Crippen LogP contribution in [-0.4, -0.2) is 39.1 Å². The Morgan fingerprint density at radius 2 is 2.08 bits per heavy atom. The highest BCUT2D eigenvalue weighted by Gasteiger charge is 2.29. The molecule has 2 aromatic heterocycles. The number of ether oxygens (including phenoxy) is 1. The van der Waals surface area contributed by atoms with Gasteiger partial charge >= 0.3 is 6.18 Å². The Hall–Kier alpha value is -2.92. The number of halogens is 6. The SMILES string of the molecule is C=N/C(OCC(F)(F)F)=C(F)\C=C(/C)c1cn2c(C(F)F)nnc2cn1. The molecule has 0 saturated carbocycles. The van der Waals surface area contributed by atoms with Crippen LogP contribution in [0.1, 0.15) is 24.9 Å². The molecule has 0 saturated heterocycles. The smallest absolute Gasteiger partial charge is 0.422 e. The van der Waals surface area contributed by atoms with Crippen LogP contribution >= 0.6 is 0 Å². The molecule has 0 aromatic carbocycles. The van der Waals surface area contributed by atoms with Crippen molar-refractivity contribution in [2.45, 2.75) is 19.5 Å². The molecule has 2 aromatic rings. The molecule has 0 aliphatic rings. The monoisotopic (exact) mass is 379 g/mol. The van der Waals surface area contributed by atoms with Crippen molar-refractivity contribution in [3.63, 3.8) is 0 Å². The van der Waals surface area contributed by atoms with Gasteiger partial charge in [0.25, 0.3) is 6.43 Å². The molecule has 0 amide bonds. The van der Waals surface area contributed by atoms with Crippen LogP contribution in [0.5, 0.6) is 0 Å². The lowest BCUT2D eigenvalue weighted by molar-refractivity contribution is -0.165. The average molecular weight is 379 g/mol. The van der Waals surface area contributed by atoms with E-state index in [0.29, 0.717) is 0 Å². The molecule has 0 atom stereocenters. The van der Waals surface area contributed by atoms with Gasteiger partial charge in [0.1, 0.15) is 0 Å². The van der Waals surface area contributed by atoms with Gasteiger partial charge in [-0.3, -0.25) is 9.38 Å². The Morgan fingerprint density at radius 1 is 1.38 bits per heavy atom. The summed E-state index contributed by atoms with van der Waals surface area (Å²) in [5, 5.41) is 6.82. The molecule has 0 aliphatic heterocycles. The molecule has 0 N–H and O–H groups in total. The fourth-order valence-corrected chi connectivity index (χ4v) is 1.84. The Bertz CT molecular complexity index is 870. The maximum Gasteiger partial charge on any atom is 0.422 e. The van der Waals surface area contributed by atoms with Crippen LogP contribution in [-0.2, 0) is 4.74 Å². The minimum absolute atomic E-state index is 0.0508. The lowest BCUT2D eigenvalue weighted by Crippen LogP contribution is -2.16. The highest BCUT2D eigenvalue weighted by atomic mass is 19.4. The van der Waals surface area contributed by atoms with Crippen LogP contribution in [0.15, 0.2) is 35.2 Å². The van der Waals surface area contributed by atoms with Gasteiger partial charge in [-0.25, -0.2) is 18.2 Å². The van der Waals surface area contributed by atoms with Crippen LogP contribution in [0.3, 0.4) is 0 Å². The van der Waals surface area contributed by atoms with Crippen molar-refractivity contribution in [3.8, 4) is 0 Å². The van der Waals surface area contributed by atoms with Crippen molar-refractivity contribution in [2.24, 2.45) is 4.99 Å². The summed E-state index contributed by atoms with van der Waals surface area (Å²) in [5.74, 6) is -2.82. The second kappa shape index (κ2) is 7.54. The van der Waals surface area contributed by atoms with E-state index in [9.17, 15) is 26.3 Å². The number of alkyl halides is 5. The second-order valence-corrected chi connectivity index (χ2v) is 4.90. The third-order valence-corrected chi connectivity index (χ3v) is 2.98. The highest BCUT2D eigenvalue weighted by Crippen LogP contribution is 2.23. The first-order valence-corrected chi connectivity index (χ1v) is 6.86. The lowest BCUT2D eigenvalue weighted by atomic mass is 10.2. The fraction of sp³-hybridized carbons (Fsp3) is 0.286. The van der Waals surface area contributed by atoms with Gasteiger partial charge in [0.05, 0.1) is 11.9 Å². The predicted molar refractivity (Wildman–Crippen MR) is 79.1 cm³/mol. The van der Waals surface area contributed by atoms with Gasteiger partial charge in [-0.2, -0.15) is 13.2 Å². The summed E-state index contributed by atoms with van der Waals surface area (Å²) in [7, 11) is 0. The number of hydrogen-bond acceptors (Lipinski definition) is 5. The minimum Gasteiger partial charge on any atom is -0.466 e. The standard InChI is InChI=1S/C14H11F6N5O/c1-7(3-8(15)13(21-2)26-6-14(18,19)20)9-5-25-10(4-22-9)23-24-12(25)11(16)17/h3-5,11H,2,6H2,1H3/b7-3+,13-8-. The van der Waals surface area contributed by atoms with Gasteiger partial charge < -0.3 is 4.74 Å². The number of aliphatic imine (C=N–C) groups is 1. The molecule has 0 unspecified atom stereocenters. The van der Waals surface area contributed by atoms with E-state index in [4.69, 9.17) is 0 Å². The summed E-state index contributed by atoms with van der Waals surface area (Å²) < 4.78 is 81.3. The van der Waals surface area contributed by atoms with E-state index in [0.717, 1.165) is 22.9 Å². The van der Waals surface area contributed by atoms with Gasteiger partial charge in [-0.05, 0) is 25.3 Å². The minimum atomic E-state index is -4.68. The molecule has 0 bridgehead atoms. The molecular weight excluding hydrogens is 368 g/mol. The number of allylic oxidation sites excluding steroid dienone is 3. The normalized spacial score (nSPS) is 13.9. The summed E-state index contributed by atoms with van der Waals surface area (Å²) in [5.41, 5.74) is 0.221. The molecule has 0 spiro atoms. The van der Waals surface area contributed by atoms with Gasteiger partial charge in [-0.1, -0.05) is 0 Å². The largest absolute Gasteiger partial charge is 0.466 e. The zero-order valence-corrected chi connectivity index (χ0v) is 13.1. The number of fused-ring (bicyclic) bond motifs is 1. The maximum atomic E-state index is 14.0. The Labute approximate surface area is 142 Å².